The van der Waals surface area contributed by atoms with Crippen LogP contribution in [0.1, 0.15) is 52.4 Å². The van der Waals surface area contributed by atoms with Crippen LogP contribution in [0, 0.1) is 0 Å². The fourth-order valence-corrected chi connectivity index (χ4v) is 2.95. The largest absolute Gasteiger partial charge is 0.474 e. The molecule has 0 radical (unpaired) electrons. The van der Waals surface area contributed by atoms with E-state index in [-0.39, 0.29) is 0 Å². The molecular formula is C12H26IO4P. The number of hydrogen-bond acceptors (Lipinski definition) is 4. The molecule has 0 saturated carbocycles. The van der Waals surface area contributed by atoms with Gasteiger partial charge in [0.2, 0.25) is 0 Å². The van der Waals surface area contributed by atoms with Gasteiger partial charge in [0.25, 0.3) is 0 Å². The quantitative estimate of drug-likeness (QED) is 0.192. The van der Waals surface area contributed by atoms with Gasteiger partial charge in [-0.3, -0.25) is 13.6 Å². The molecule has 0 unspecified atom stereocenters. The van der Waals surface area contributed by atoms with E-state index < -0.39 is 7.82 Å². The standard InChI is InChI=1S/C12H26IO4P/c1-3-5-10-15-18(14,16-11-6-4-2)17-12-8-7-9-13/h3-12H2,1-2H3. The lowest BCUT2D eigenvalue weighted by Gasteiger charge is -2.17. The van der Waals surface area contributed by atoms with Gasteiger partial charge in [0.1, 0.15) is 0 Å². The summed E-state index contributed by atoms with van der Waals surface area (Å²) in [6.45, 7) is 5.44. The summed E-state index contributed by atoms with van der Waals surface area (Å²) < 4.78 is 29.3. The Morgan fingerprint density at radius 2 is 1.28 bits per heavy atom. The summed E-state index contributed by atoms with van der Waals surface area (Å²) in [5.74, 6) is 0. The molecule has 4 nitrogen and oxygen atoms in total. The van der Waals surface area contributed by atoms with Gasteiger partial charge in [0.15, 0.2) is 0 Å². The first-order valence-electron chi connectivity index (χ1n) is 6.78. The molecule has 0 aliphatic carbocycles. The number of halogens is 1. The van der Waals surface area contributed by atoms with Crippen molar-refractivity contribution >= 4 is 30.4 Å². The van der Waals surface area contributed by atoms with Crippen LogP contribution in [0.15, 0.2) is 0 Å². The summed E-state index contributed by atoms with van der Waals surface area (Å²) in [5.41, 5.74) is 0. The van der Waals surface area contributed by atoms with Crippen molar-refractivity contribution in [3.63, 3.8) is 0 Å². The van der Waals surface area contributed by atoms with Crippen LogP contribution in [0.4, 0.5) is 0 Å². The van der Waals surface area contributed by atoms with E-state index in [1.807, 2.05) is 0 Å². The zero-order valence-electron chi connectivity index (χ0n) is 11.5. The van der Waals surface area contributed by atoms with Crippen LogP contribution in [0.3, 0.4) is 0 Å². The number of unbranched alkanes of at least 4 members (excludes halogenated alkanes) is 3. The van der Waals surface area contributed by atoms with E-state index in [1.165, 1.54) is 0 Å². The first-order valence-corrected chi connectivity index (χ1v) is 9.76. The highest BCUT2D eigenvalue weighted by Crippen LogP contribution is 2.49. The Balaban J connectivity index is 3.99. The van der Waals surface area contributed by atoms with E-state index in [9.17, 15) is 4.57 Å². The van der Waals surface area contributed by atoms with E-state index >= 15 is 0 Å². The number of hydrogen-bond donors (Lipinski definition) is 0. The van der Waals surface area contributed by atoms with Gasteiger partial charge >= 0.3 is 7.82 Å². The molecule has 0 aromatic carbocycles. The van der Waals surface area contributed by atoms with Gasteiger partial charge in [0.05, 0.1) is 19.8 Å². The Morgan fingerprint density at radius 1 is 0.833 bits per heavy atom. The molecule has 0 rings (SSSR count). The molecule has 0 bridgehead atoms. The topological polar surface area (TPSA) is 44.8 Å². The maximum absolute atomic E-state index is 12.3. The van der Waals surface area contributed by atoms with Crippen molar-refractivity contribution in [2.75, 3.05) is 24.2 Å². The van der Waals surface area contributed by atoms with Crippen molar-refractivity contribution in [1.29, 1.82) is 0 Å². The van der Waals surface area contributed by atoms with Gasteiger partial charge in [0, 0.05) is 0 Å². The van der Waals surface area contributed by atoms with E-state index in [1.54, 1.807) is 0 Å². The predicted octanol–water partition coefficient (Wildman–Crippen LogP) is 4.96. The van der Waals surface area contributed by atoms with E-state index in [4.69, 9.17) is 13.6 Å². The molecule has 0 aliphatic heterocycles. The first kappa shape index (κ1) is 18.8. The zero-order valence-corrected chi connectivity index (χ0v) is 14.6. The van der Waals surface area contributed by atoms with Gasteiger partial charge < -0.3 is 0 Å². The average molecular weight is 392 g/mol. The summed E-state index contributed by atoms with van der Waals surface area (Å²) in [5, 5.41) is 0. The Morgan fingerprint density at radius 3 is 1.67 bits per heavy atom. The predicted molar refractivity (Wildman–Crippen MR) is 83.4 cm³/mol. The minimum Gasteiger partial charge on any atom is -0.287 e. The smallest absolute Gasteiger partial charge is 0.287 e. The van der Waals surface area contributed by atoms with Gasteiger partial charge in [-0.25, -0.2) is 4.57 Å². The van der Waals surface area contributed by atoms with Crippen LogP contribution in [0.25, 0.3) is 0 Å². The average Bonchev–Trinajstić information content (AvgIpc) is 2.36. The molecule has 0 atom stereocenters. The lowest BCUT2D eigenvalue weighted by Crippen LogP contribution is -2.04. The fraction of sp³-hybridized carbons (Fsp3) is 1.00. The minimum absolute atomic E-state index is 0.437. The Labute approximate surface area is 125 Å². The molecule has 0 aliphatic rings. The highest BCUT2D eigenvalue weighted by molar-refractivity contribution is 14.1. The first-order chi connectivity index (χ1) is 8.68. The molecule has 0 heterocycles. The van der Waals surface area contributed by atoms with E-state index in [0.29, 0.717) is 19.8 Å². The van der Waals surface area contributed by atoms with Gasteiger partial charge in [-0.15, -0.1) is 0 Å². The summed E-state index contributed by atoms with van der Waals surface area (Å²) >= 11 is 2.32. The lowest BCUT2D eigenvalue weighted by molar-refractivity contribution is 0.110. The zero-order chi connectivity index (χ0) is 13.7. The molecular weight excluding hydrogens is 366 g/mol. The van der Waals surface area contributed by atoms with Crippen LogP contribution >= 0.6 is 30.4 Å². The number of alkyl halides is 1. The maximum atomic E-state index is 12.3. The lowest BCUT2D eigenvalue weighted by atomic mass is 10.4. The van der Waals surface area contributed by atoms with E-state index in [2.05, 4.69) is 36.4 Å². The molecule has 110 valence electrons. The van der Waals surface area contributed by atoms with Crippen molar-refractivity contribution in [3.05, 3.63) is 0 Å². The number of phosphoric acid groups is 1. The Bertz CT molecular complexity index is 212. The van der Waals surface area contributed by atoms with Crippen molar-refractivity contribution in [2.45, 2.75) is 52.4 Å². The summed E-state index contributed by atoms with van der Waals surface area (Å²) in [6, 6.07) is 0. The Hall–Kier alpha value is 0.840. The molecule has 0 N–H and O–H groups in total. The summed E-state index contributed by atoms with van der Waals surface area (Å²) in [7, 11) is -3.32. The molecule has 0 saturated heterocycles. The van der Waals surface area contributed by atoms with Gasteiger partial charge in [-0.2, -0.15) is 0 Å². The molecule has 18 heavy (non-hydrogen) atoms. The third-order valence-corrected chi connectivity index (χ3v) is 4.53. The van der Waals surface area contributed by atoms with Gasteiger partial charge in [-0.05, 0) is 30.1 Å². The molecule has 0 fully saturated rings. The van der Waals surface area contributed by atoms with Crippen LogP contribution in [-0.4, -0.2) is 24.2 Å². The molecule has 0 aromatic heterocycles. The second-order valence-corrected chi connectivity index (χ2v) is 6.80. The third kappa shape index (κ3) is 10.7. The molecule has 0 spiro atoms. The highest BCUT2D eigenvalue weighted by Gasteiger charge is 2.25. The third-order valence-electron chi connectivity index (χ3n) is 2.27. The van der Waals surface area contributed by atoms with Crippen molar-refractivity contribution in [3.8, 4) is 0 Å². The normalized spacial score (nSPS) is 11.9. The maximum Gasteiger partial charge on any atom is 0.474 e. The fourth-order valence-electron chi connectivity index (χ4n) is 1.13. The second-order valence-electron chi connectivity index (χ2n) is 4.05. The number of rotatable bonds is 13. The second kappa shape index (κ2) is 12.9. The monoisotopic (exact) mass is 392 g/mol. The van der Waals surface area contributed by atoms with Crippen molar-refractivity contribution in [2.24, 2.45) is 0 Å². The number of phosphoric ester groups is 1. The van der Waals surface area contributed by atoms with Crippen molar-refractivity contribution < 1.29 is 18.1 Å². The SMILES string of the molecule is CCCCOP(=O)(OCCCC)OCCCCI. The Kier molecular flexibility index (Phi) is 13.5. The van der Waals surface area contributed by atoms with Crippen LogP contribution < -0.4 is 0 Å². The van der Waals surface area contributed by atoms with Crippen molar-refractivity contribution in [1.82, 2.24) is 0 Å². The van der Waals surface area contributed by atoms with Crippen LogP contribution in [0.5, 0.6) is 0 Å². The highest BCUT2D eigenvalue weighted by atomic mass is 127. The summed E-state index contributed by atoms with van der Waals surface area (Å²) in [6.07, 6.45) is 5.70. The van der Waals surface area contributed by atoms with Crippen LogP contribution in [-0.2, 0) is 18.1 Å². The molecule has 0 aromatic rings. The van der Waals surface area contributed by atoms with Crippen LogP contribution in [0.2, 0.25) is 0 Å². The van der Waals surface area contributed by atoms with E-state index in [0.717, 1.165) is 43.0 Å². The summed E-state index contributed by atoms with van der Waals surface area (Å²) in [4.78, 5) is 0. The minimum atomic E-state index is -3.32. The molecule has 0 amide bonds. The van der Waals surface area contributed by atoms with Gasteiger partial charge in [-0.1, -0.05) is 49.3 Å². The molecule has 6 heteroatoms.